The monoisotopic (exact) mass is 408 g/mol. The molecule has 29 heavy (non-hydrogen) atoms. The molecule has 0 aliphatic carbocycles. The third-order valence-electron chi connectivity index (χ3n) is 3.46. The summed E-state index contributed by atoms with van der Waals surface area (Å²) in [6.07, 6.45) is 0. The highest BCUT2D eigenvalue weighted by Crippen LogP contribution is 2.17. The molecule has 0 heterocycles. The Bertz CT molecular complexity index is 749. The van der Waals surface area contributed by atoms with Crippen LogP contribution < -0.4 is 0 Å². The molecule has 0 saturated heterocycles. The van der Waals surface area contributed by atoms with Gasteiger partial charge in [-0.2, -0.15) is 0 Å². The van der Waals surface area contributed by atoms with Crippen LogP contribution >= 0.6 is 0 Å². The average Bonchev–Trinajstić information content (AvgIpc) is 2.66. The Morgan fingerprint density at radius 2 is 1.31 bits per heavy atom. The molecule has 0 unspecified atom stereocenters. The lowest BCUT2D eigenvalue weighted by molar-refractivity contribution is -0.153. The van der Waals surface area contributed by atoms with Crippen LogP contribution in [0.2, 0.25) is 0 Å². The molecule has 0 spiro atoms. The van der Waals surface area contributed by atoms with E-state index in [1.54, 1.807) is 0 Å². The first kappa shape index (κ1) is 25.9. The lowest BCUT2D eigenvalue weighted by Crippen LogP contribution is -2.51. The summed E-state index contributed by atoms with van der Waals surface area (Å²) in [4.78, 5) is 44.4. The number of carboxylic acids is 2. The van der Waals surface area contributed by atoms with E-state index in [0.29, 0.717) is 0 Å². The largest absolute Gasteiger partial charge is 0.478 e. The third kappa shape index (κ3) is 7.41. The molecule has 0 atom stereocenters. The molecular weight excluding hydrogens is 384 g/mol. The minimum absolute atomic E-state index is 0.0506. The number of rotatable bonds is 10. The van der Waals surface area contributed by atoms with Crippen LogP contribution in [-0.2, 0) is 14.3 Å². The first-order valence-electron chi connectivity index (χ1n) is 8.27. The Balaban J connectivity index is 0.000000571. The lowest BCUT2D eigenvalue weighted by atomic mass is 9.87. The van der Waals surface area contributed by atoms with Crippen molar-refractivity contribution in [3.63, 3.8) is 0 Å². The number of aromatic carboxylic acids is 2. The van der Waals surface area contributed by atoms with Crippen LogP contribution in [0.5, 0.6) is 0 Å². The SMILES string of the molecule is C=C(C)C(=O)C(O)(COCCO)C(=O)C(=C)C.O=C(O)c1ccccc1C(=O)O. The summed E-state index contributed by atoms with van der Waals surface area (Å²) < 4.78 is 4.87. The first-order valence-corrected chi connectivity index (χ1v) is 8.27. The van der Waals surface area contributed by atoms with Gasteiger partial charge >= 0.3 is 11.9 Å². The van der Waals surface area contributed by atoms with Crippen molar-refractivity contribution >= 4 is 23.5 Å². The van der Waals surface area contributed by atoms with Crippen molar-refractivity contribution in [3.8, 4) is 0 Å². The summed E-state index contributed by atoms with van der Waals surface area (Å²) in [6.45, 7) is 8.72. The number of hydrogen-bond donors (Lipinski definition) is 4. The van der Waals surface area contributed by atoms with Crippen molar-refractivity contribution in [1.82, 2.24) is 0 Å². The molecule has 0 aliphatic rings. The van der Waals surface area contributed by atoms with Crippen molar-refractivity contribution < 1.29 is 44.3 Å². The van der Waals surface area contributed by atoms with Gasteiger partial charge in [0.25, 0.3) is 0 Å². The third-order valence-corrected chi connectivity index (χ3v) is 3.46. The zero-order valence-electron chi connectivity index (χ0n) is 16.2. The Labute approximate surface area is 167 Å². The molecule has 0 saturated carbocycles. The Morgan fingerprint density at radius 1 is 0.931 bits per heavy atom. The van der Waals surface area contributed by atoms with E-state index in [0.717, 1.165) is 0 Å². The highest BCUT2D eigenvalue weighted by Gasteiger charge is 2.44. The summed E-state index contributed by atoms with van der Waals surface area (Å²) in [5.41, 5.74) is -2.58. The maximum atomic E-state index is 11.8. The van der Waals surface area contributed by atoms with E-state index in [1.807, 2.05) is 0 Å². The highest BCUT2D eigenvalue weighted by atomic mass is 16.5. The molecule has 0 bridgehead atoms. The van der Waals surface area contributed by atoms with Crippen LogP contribution in [0, 0.1) is 0 Å². The summed E-state index contributed by atoms with van der Waals surface area (Å²) >= 11 is 0. The number of carboxylic acid groups (broad SMARTS) is 2. The lowest BCUT2D eigenvalue weighted by Gasteiger charge is -2.25. The van der Waals surface area contributed by atoms with Crippen LogP contribution in [0.25, 0.3) is 0 Å². The minimum atomic E-state index is -2.30. The standard InChI is InChI=1S/C12H18O5.C8H6O4/c1-8(2)10(14)12(16,7-17-6-5-13)11(15)9(3)4;9-7(10)5-3-1-2-4-6(5)8(11)12/h13,16H,1,3,5-7H2,2,4H3;1-4H,(H,9,10)(H,11,12). The van der Waals surface area contributed by atoms with Crippen molar-refractivity contribution in [2.75, 3.05) is 19.8 Å². The highest BCUT2D eigenvalue weighted by molar-refractivity contribution is 6.21. The van der Waals surface area contributed by atoms with Crippen LogP contribution in [0.3, 0.4) is 0 Å². The fraction of sp³-hybridized carbons (Fsp3) is 0.300. The predicted octanol–water partition coefficient (Wildman–Crippen LogP) is 1.10. The molecule has 1 rings (SSSR count). The molecule has 0 aromatic heterocycles. The van der Waals surface area contributed by atoms with Gasteiger partial charge in [-0.15, -0.1) is 0 Å². The van der Waals surface area contributed by atoms with Gasteiger partial charge in [0.15, 0.2) is 11.6 Å². The van der Waals surface area contributed by atoms with Crippen LogP contribution in [0.15, 0.2) is 48.6 Å². The summed E-state index contributed by atoms with van der Waals surface area (Å²) in [7, 11) is 0. The number of Topliss-reactive ketones (excluding diaryl/α,β-unsaturated/α-hetero) is 2. The molecule has 4 N–H and O–H groups in total. The van der Waals surface area contributed by atoms with E-state index in [-0.39, 0.29) is 35.5 Å². The van der Waals surface area contributed by atoms with E-state index in [2.05, 4.69) is 13.2 Å². The molecule has 9 nitrogen and oxygen atoms in total. The van der Waals surface area contributed by atoms with E-state index < -0.39 is 35.7 Å². The van der Waals surface area contributed by atoms with Gasteiger partial charge in [0, 0.05) is 0 Å². The number of aliphatic hydroxyl groups excluding tert-OH is 1. The zero-order chi connectivity index (χ0) is 22.8. The second-order valence-electron chi connectivity index (χ2n) is 6.01. The number of carbonyl (C=O) groups is 4. The molecule has 0 aliphatic heterocycles. The van der Waals surface area contributed by atoms with E-state index in [1.165, 1.54) is 38.1 Å². The van der Waals surface area contributed by atoms with E-state index >= 15 is 0 Å². The first-order chi connectivity index (χ1) is 13.4. The quantitative estimate of drug-likeness (QED) is 0.253. The second-order valence-corrected chi connectivity index (χ2v) is 6.01. The van der Waals surface area contributed by atoms with Gasteiger partial charge in [-0.3, -0.25) is 9.59 Å². The van der Waals surface area contributed by atoms with E-state index in [4.69, 9.17) is 20.1 Å². The summed E-state index contributed by atoms with van der Waals surface area (Å²) in [5, 5.41) is 35.7. The number of ketones is 2. The molecule has 9 heteroatoms. The maximum Gasteiger partial charge on any atom is 0.336 e. The van der Waals surface area contributed by atoms with E-state index in [9.17, 15) is 24.3 Å². The van der Waals surface area contributed by atoms with Gasteiger partial charge in [0.2, 0.25) is 5.60 Å². The number of aliphatic hydroxyl groups is 2. The Kier molecular flexibility index (Phi) is 10.4. The molecule has 0 amide bonds. The number of carbonyl (C=O) groups excluding carboxylic acids is 2. The molecule has 158 valence electrons. The smallest absolute Gasteiger partial charge is 0.336 e. The van der Waals surface area contributed by atoms with Gasteiger partial charge in [0.05, 0.1) is 30.9 Å². The number of hydrogen-bond acceptors (Lipinski definition) is 7. The molecule has 0 radical (unpaired) electrons. The van der Waals surface area contributed by atoms with Gasteiger partial charge in [0.1, 0.15) is 0 Å². The van der Waals surface area contributed by atoms with Crippen molar-refractivity contribution in [1.29, 1.82) is 0 Å². The van der Waals surface area contributed by atoms with Crippen molar-refractivity contribution in [2.24, 2.45) is 0 Å². The average molecular weight is 408 g/mol. The maximum absolute atomic E-state index is 11.8. The van der Waals surface area contributed by atoms with Crippen LogP contribution in [0.4, 0.5) is 0 Å². The number of benzene rings is 1. The molecular formula is C20H24O9. The predicted molar refractivity (Wildman–Crippen MR) is 103 cm³/mol. The van der Waals surface area contributed by atoms with Crippen molar-refractivity contribution in [2.45, 2.75) is 19.4 Å². The van der Waals surface area contributed by atoms with Gasteiger partial charge in [-0.1, -0.05) is 25.3 Å². The molecule has 1 aromatic rings. The summed E-state index contributed by atoms with van der Waals surface area (Å²) in [5.74, 6) is -4.06. The second kappa shape index (κ2) is 11.6. The van der Waals surface area contributed by atoms with Gasteiger partial charge < -0.3 is 25.2 Å². The van der Waals surface area contributed by atoms with Gasteiger partial charge in [-0.25, -0.2) is 9.59 Å². The Hall–Kier alpha value is -3.14. The topological polar surface area (TPSA) is 158 Å². The zero-order valence-corrected chi connectivity index (χ0v) is 16.2. The summed E-state index contributed by atoms with van der Waals surface area (Å²) in [6, 6.07) is 5.48. The normalized spacial score (nSPS) is 10.3. The van der Waals surface area contributed by atoms with Crippen molar-refractivity contribution in [3.05, 3.63) is 59.7 Å². The fourth-order valence-corrected chi connectivity index (χ4v) is 2.08. The van der Waals surface area contributed by atoms with Gasteiger partial charge in [-0.05, 0) is 37.1 Å². The molecule has 1 aromatic carbocycles. The fourth-order valence-electron chi connectivity index (χ4n) is 2.08. The number of ether oxygens (including phenoxy) is 1. The Morgan fingerprint density at radius 3 is 1.59 bits per heavy atom. The molecule has 0 fully saturated rings. The van der Waals surface area contributed by atoms with Crippen LogP contribution in [0.1, 0.15) is 34.6 Å². The minimum Gasteiger partial charge on any atom is -0.478 e. The van der Waals surface area contributed by atoms with Crippen LogP contribution in [-0.4, -0.2) is 69.4 Å².